The van der Waals surface area contributed by atoms with Crippen molar-refractivity contribution in [2.45, 2.75) is 18.6 Å². The maximum atomic E-state index is 13.0. The van der Waals surface area contributed by atoms with Crippen molar-refractivity contribution in [1.29, 1.82) is 0 Å². The Kier molecular flexibility index (Phi) is 3.93. The number of nitrogens with zero attached hydrogens (tertiary/aromatic N) is 1. The van der Waals surface area contributed by atoms with Crippen LogP contribution in [-0.4, -0.2) is 35.7 Å². The van der Waals surface area contributed by atoms with Gasteiger partial charge >= 0.3 is 0 Å². The molecule has 1 aliphatic rings. The number of fused-ring (bicyclic) bond motifs is 1. The lowest BCUT2D eigenvalue weighted by atomic mass is 10.0. The molecule has 4 rings (SSSR count). The summed E-state index contributed by atoms with van der Waals surface area (Å²) in [6, 6.07) is 16.7. The standard InChI is InChI=1S/C20H19NO4/c1-24-16-7-4-6-13(9-16)17-11-15(22)12-21(17)20(23)19-10-14-5-2-3-8-18(14)25-19/h2-10,15,17,22H,11-12H2,1H3. The summed E-state index contributed by atoms with van der Waals surface area (Å²) < 4.78 is 11.0. The number of methoxy groups -OCH3 is 1. The largest absolute Gasteiger partial charge is 0.497 e. The number of aliphatic hydroxyl groups excluding tert-OH is 1. The Hall–Kier alpha value is -2.79. The van der Waals surface area contributed by atoms with Crippen molar-refractivity contribution in [3.05, 3.63) is 65.9 Å². The van der Waals surface area contributed by atoms with E-state index in [-0.39, 0.29) is 18.5 Å². The van der Waals surface area contributed by atoms with Crippen LogP contribution < -0.4 is 4.74 Å². The number of hydrogen-bond acceptors (Lipinski definition) is 4. The van der Waals surface area contributed by atoms with E-state index in [4.69, 9.17) is 9.15 Å². The number of benzene rings is 2. The highest BCUT2D eigenvalue weighted by atomic mass is 16.5. The minimum absolute atomic E-state index is 0.203. The Morgan fingerprint density at radius 1 is 1.20 bits per heavy atom. The van der Waals surface area contributed by atoms with Gasteiger partial charge in [0.25, 0.3) is 5.91 Å². The van der Waals surface area contributed by atoms with Crippen molar-refractivity contribution in [1.82, 2.24) is 4.90 Å². The highest BCUT2D eigenvalue weighted by Gasteiger charge is 2.37. The molecule has 25 heavy (non-hydrogen) atoms. The second-order valence-corrected chi connectivity index (χ2v) is 6.29. The zero-order valence-corrected chi connectivity index (χ0v) is 13.9. The fraction of sp³-hybridized carbons (Fsp3) is 0.250. The normalized spacial score (nSPS) is 20.2. The number of β-amino-alcohol motifs (C(OH)–C–C–N with tert-alkyl or cyclic N) is 1. The number of furan rings is 1. The summed E-state index contributed by atoms with van der Waals surface area (Å²) in [7, 11) is 1.61. The lowest BCUT2D eigenvalue weighted by Gasteiger charge is -2.24. The van der Waals surface area contributed by atoms with Crippen LogP contribution in [0.2, 0.25) is 0 Å². The van der Waals surface area contributed by atoms with E-state index in [0.717, 1.165) is 16.7 Å². The predicted octanol–water partition coefficient (Wildman–Crippen LogP) is 3.39. The molecule has 5 nitrogen and oxygen atoms in total. The highest BCUT2D eigenvalue weighted by molar-refractivity contribution is 5.96. The van der Waals surface area contributed by atoms with E-state index in [0.29, 0.717) is 17.8 Å². The van der Waals surface area contributed by atoms with Gasteiger partial charge in [0.1, 0.15) is 11.3 Å². The molecular weight excluding hydrogens is 318 g/mol. The Morgan fingerprint density at radius 2 is 2.04 bits per heavy atom. The number of para-hydroxylation sites is 1. The maximum Gasteiger partial charge on any atom is 0.290 e. The van der Waals surface area contributed by atoms with E-state index in [1.54, 1.807) is 18.1 Å². The number of rotatable bonds is 3. The van der Waals surface area contributed by atoms with Gasteiger partial charge in [-0.15, -0.1) is 0 Å². The Bertz CT molecular complexity index is 884. The molecule has 0 saturated carbocycles. The topological polar surface area (TPSA) is 62.9 Å². The van der Waals surface area contributed by atoms with Crippen molar-refractivity contribution in [2.24, 2.45) is 0 Å². The van der Waals surface area contributed by atoms with Crippen LogP contribution in [0.3, 0.4) is 0 Å². The number of carbonyl (C=O) groups is 1. The molecule has 5 heteroatoms. The lowest BCUT2D eigenvalue weighted by Crippen LogP contribution is -2.31. The Morgan fingerprint density at radius 3 is 2.84 bits per heavy atom. The zero-order chi connectivity index (χ0) is 17.4. The number of hydrogen-bond donors (Lipinski definition) is 1. The van der Waals surface area contributed by atoms with E-state index in [2.05, 4.69) is 0 Å². The highest BCUT2D eigenvalue weighted by Crippen LogP contribution is 2.35. The summed E-state index contributed by atoms with van der Waals surface area (Å²) in [5.41, 5.74) is 1.63. The van der Waals surface area contributed by atoms with Gasteiger partial charge in [-0.25, -0.2) is 0 Å². The quantitative estimate of drug-likeness (QED) is 0.796. The van der Waals surface area contributed by atoms with Gasteiger partial charge in [-0.1, -0.05) is 30.3 Å². The van der Waals surface area contributed by atoms with Crippen molar-refractivity contribution in [2.75, 3.05) is 13.7 Å². The average Bonchev–Trinajstić information content (AvgIpc) is 3.24. The summed E-state index contributed by atoms with van der Waals surface area (Å²) in [6.45, 7) is 0.289. The molecule has 1 saturated heterocycles. The minimum Gasteiger partial charge on any atom is -0.497 e. The molecule has 1 aromatic heterocycles. The first-order valence-corrected chi connectivity index (χ1v) is 8.27. The zero-order valence-electron chi connectivity index (χ0n) is 13.9. The lowest BCUT2D eigenvalue weighted by molar-refractivity contribution is 0.0686. The van der Waals surface area contributed by atoms with Crippen molar-refractivity contribution < 1.29 is 19.1 Å². The van der Waals surface area contributed by atoms with Gasteiger partial charge in [-0.05, 0) is 36.2 Å². The molecule has 128 valence electrons. The molecule has 2 aromatic carbocycles. The molecule has 2 unspecified atom stereocenters. The monoisotopic (exact) mass is 337 g/mol. The molecule has 1 aliphatic heterocycles. The molecule has 0 bridgehead atoms. The molecule has 2 atom stereocenters. The molecule has 1 N–H and O–H groups in total. The van der Waals surface area contributed by atoms with Crippen LogP contribution in [0.1, 0.15) is 28.6 Å². The average molecular weight is 337 g/mol. The first kappa shape index (κ1) is 15.7. The van der Waals surface area contributed by atoms with Crippen LogP contribution in [0, 0.1) is 0 Å². The van der Waals surface area contributed by atoms with E-state index >= 15 is 0 Å². The van der Waals surface area contributed by atoms with E-state index in [9.17, 15) is 9.90 Å². The molecular formula is C20H19NO4. The third-order valence-corrected chi connectivity index (χ3v) is 4.65. The third-order valence-electron chi connectivity index (χ3n) is 4.65. The summed E-state index contributed by atoms with van der Waals surface area (Å²) in [5.74, 6) is 0.818. The Labute approximate surface area is 145 Å². The van der Waals surface area contributed by atoms with E-state index in [1.807, 2.05) is 48.5 Å². The number of carbonyl (C=O) groups excluding carboxylic acids is 1. The number of aliphatic hydroxyl groups is 1. The van der Waals surface area contributed by atoms with E-state index in [1.165, 1.54) is 0 Å². The van der Waals surface area contributed by atoms with Crippen molar-refractivity contribution in [3.8, 4) is 5.75 Å². The van der Waals surface area contributed by atoms with Gasteiger partial charge in [0, 0.05) is 11.9 Å². The Balaban J connectivity index is 1.67. The second kappa shape index (κ2) is 6.26. The van der Waals surface area contributed by atoms with E-state index < -0.39 is 6.10 Å². The summed E-state index contributed by atoms with van der Waals surface area (Å²) in [6.07, 6.45) is -0.0522. The smallest absolute Gasteiger partial charge is 0.290 e. The predicted molar refractivity (Wildman–Crippen MR) is 93.6 cm³/mol. The first-order valence-electron chi connectivity index (χ1n) is 8.27. The summed E-state index contributed by atoms with van der Waals surface area (Å²) >= 11 is 0. The molecule has 1 amide bonds. The summed E-state index contributed by atoms with van der Waals surface area (Å²) in [4.78, 5) is 14.7. The fourth-order valence-electron chi connectivity index (χ4n) is 3.43. The van der Waals surface area contributed by atoms with Gasteiger partial charge in [-0.3, -0.25) is 4.79 Å². The van der Waals surface area contributed by atoms with Crippen LogP contribution in [0.15, 0.2) is 59.0 Å². The summed E-state index contributed by atoms with van der Waals surface area (Å²) in [5, 5.41) is 11.0. The molecule has 1 fully saturated rings. The van der Waals surface area contributed by atoms with Gasteiger partial charge in [0.15, 0.2) is 5.76 Å². The molecule has 0 spiro atoms. The van der Waals surface area contributed by atoms with Gasteiger partial charge in [0.05, 0.1) is 19.3 Å². The maximum absolute atomic E-state index is 13.0. The molecule has 2 heterocycles. The van der Waals surface area contributed by atoms with Crippen LogP contribution >= 0.6 is 0 Å². The first-order chi connectivity index (χ1) is 12.2. The van der Waals surface area contributed by atoms with Crippen LogP contribution in [0.25, 0.3) is 11.0 Å². The SMILES string of the molecule is COc1cccc(C2CC(O)CN2C(=O)c2cc3ccccc3o2)c1. The molecule has 0 aliphatic carbocycles. The number of amides is 1. The van der Waals surface area contributed by atoms with Crippen LogP contribution in [-0.2, 0) is 0 Å². The minimum atomic E-state index is -0.551. The van der Waals surface area contributed by atoms with Gasteiger partial charge in [-0.2, -0.15) is 0 Å². The molecule has 0 radical (unpaired) electrons. The number of ether oxygens (including phenoxy) is 1. The fourth-order valence-corrected chi connectivity index (χ4v) is 3.43. The van der Waals surface area contributed by atoms with Gasteiger partial charge < -0.3 is 19.2 Å². The number of likely N-dealkylation sites (tertiary alicyclic amines) is 1. The molecule has 3 aromatic rings. The second-order valence-electron chi connectivity index (χ2n) is 6.29. The van der Waals surface area contributed by atoms with Crippen LogP contribution in [0.5, 0.6) is 5.75 Å². The van der Waals surface area contributed by atoms with Crippen molar-refractivity contribution >= 4 is 16.9 Å². The van der Waals surface area contributed by atoms with Crippen molar-refractivity contribution in [3.63, 3.8) is 0 Å². The third kappa shape index (κ3) is 2.87. The van der Waals surface area contributed by atoms with Crippen LogP contribution in [0.4, 0.5) is 0 Å². The van der Waals surface area contributed by atoms with Gasteiger partial charge in [0.2, 0.25) is 0 Å².